The zero-order valence-electron chi connectivity index (χ0n) is 11.4. The molecule has 1 aromatic heterocycles. The van der Waals surface area contributed by atoms with Crippen LogP contribution in [0, 0.1) is 13.8 Å². The lowest BCUT2D eigenvalue weighted by atomic mass is 10.1. The van der Waals surface area contributed by atoms with E-state index in [9.17, 15) is 4.79 Å². The van der Waals surface area contributed by atoms with E-state index >= 15 is 0 Å². The van der Waals surface area contributed by atoms with E-state index in [1.54, 1.807) is 32.4 Å². The van der Waals surface area contributed by atoms with E-state index in [2.05, 4.69) is 0 Å². The van der Waals surface area contributed by atoms with Gasteiger partial charge in [0.1, 0.15) is 17.1 Å². The molecular weight excluding hydrogens is 260 g/mol. The van der Waals surface area contributed by atoms with Gasteiger partial charge in [-0.3, -0.25) is 4.79 Å². The van der Waals surface area contributed by atoms with E-state index in [-0.39, 0.29) is 5.78 Å². The van der Waals surface area contributed by atoms with Crippen LogP contribution in [0.3, 0.4) is 0 Å². The molecule has 0 spiro atoms. The van der Waals surface area contributed by atoms with Crippen molar-refractivity contribution in [3.8, 4) is 11.5 Å². The van der Waals surface area contributed by atoms with Crippen LogP contribution in [0.4, 0.5) is 0 Å². The molecule has 4 heteroatoms. The number of carbonyl (C=O) groups is 1. The normalized spacial score (nSPS) is 10.3. The number of aryl methyl sites for hydroxylation is 2. The molecule has 0 aliphatic heterocycles. The predicted octanol–water partition coefficient (Wildman–Crippen LogP) is 3.61. The molecule has 1 aromatic carbocycles. The van der Waals surface area contributed by atoms with Crippen molar-refractivity contribution in [2.75, 3.05) is 14.2 Å². The Kier molecular flexibility index (Phi) is 3.90. The first-order valence-corrected chi connectivity index (χ1v) is 6.72. The highest BCUT2D eigenvalue weighted by Gasteiger charge is 2.21. The molecule has 19 heavy (non-hydrogen) atoms. The summed E-state index contributed by atoms with van der Waals surface area (Å²) in [6.07, 6.45) is 0. The highest BCUT2D eigenvalue weighted by atomic mass is 32.1. The van der Waals surface area contributed by atoms with Gasteiger partial charge in [0.2, 0.25) is 5.78 Å². The highest BCUT2D eigenvalue weighted by molar-refractivity contribution is 7.14. The molecular formula is C15H16O3S. The van der Waals surface area contributed by atoms with E-state index < -0.39 is 0 Å². The van der Waals surface area contributed by atoms with Crippen LogP contribution in [0.1, 0.15) is 25.7 Å². The van der Waals surface area contributed by atoms with Crippen molar-refractivity contribution in [2.45, 2.75) is 13.8 Å². The molecule has 100 valence electrons. The minimum atomic E-state index is -0.0597. The first-order chi connectivity index (χ1) is 9.08. The maximum Gasteiger partial charge on any atom is 0.210 e. The van der Waals surface area contributed by atoms with Gasteiger partial charge in [0.25, 0.3) is 0 Å². The Labute approximate surface area is 116 Å². The topological polar surface area (TPSA) is 35.5 Å². The van der Waals surface area contributed by atoms with Crippen molar-refractivity contribution in [2.24, 2.45) is 0 Å². The summed E-state index contributed by atoms with van der Waals surface area (Å²) in [5.41, 5.74) is 1.61. The summed E-state index contributed by atoms with van der Waals surface area (Å²) in [6.45, 7) is 4.01. The van der Waals surface area contributed by atoms with Gasteiger partial charge in [0, 0.05) is 4.88 Å². The van der Waals surface area contributed by atoms with Crippen molar-refractivity contribution in [3.63, 3.8) is 0 Å². The second kappa shape index (κ2) is 5.45. The Morgan fingerprint density at radius 3 is 2.11 bits per heavy atom. The lowest BCUT2D eigenvalue weighted by molar-refractivity contribution is 0.103. The van der Waals surface area contributed by atoms with Gasteiger partial charge in [-0.25, -0.2) is 0 Å². The first-order valence-electron chi connectivity index (χ1n) is 5.91. The minimum absolute atomic E-state index is 0.0597. The number of ketones is 1. The first kappa shape index (κ1) is 13.6. The fourth-order valence-corrected chi connectivity index (χ4v) is 2.86. The highest BCUT2D eigenvalue weighted by Crippen LogP contribution is 2.33. The third-order valence-electron chi connectivity index (χ3n) is 3.04. The van der Waals surface area contributed by atoms with Crippen LogP contribution in [-0.4, -0.2) is 20.0 Å². The van der Waals surface area contributed by atoms with Crippen LogP contribution >= 0.6 is 11.3 Å². The van der Waals surface area contributed by atoms with Gasteiger partial charge in [-0.1, -0.05) is 6.07 Å². The summed E-state index contributed by atoms with van der Waals surface area (Å²) in [6, 6.07) is 7.25. The number of rotatable bonds is 4. The van der Waals surface area contributed by atoms with Gasteiger partial charge >= 0.3 is 0 Å². The third-order valence-corrected chi connectivity index (χ3v) is 4.20. The van der Waals surface area contributed by atoms with Gasteiger partial charge in [0.05, 0.1) is 19.1 Å². The number of hydrogen-bond acceptors (Lipinski definition) is 4. The van der Waals surface area contributed by atoms with Crippen LogP contribution in [0.5, 0.6) is 11.5 Å². The summed E-state index contributed by atoms with van der Waals surface area (Å²) < 4.78 is 10.5. The average molecular weight is 276 g/mol. The molecule has 0 aliphatic carbocycles. The molecule has 0 radical (unpaired) electrons. The van der Waals surface area contributed by atoms with Crippen molar-refractivity contribution in [3.05, 3.63) is 45.1 Å². The van der Waals surface area contributed by atoms with Crippen molar-refractivity contribution < 1.29 is 14.3 Å². The third kappa shape index (κ3) is 2.49. The largest absolute Gasteiger partial charge is 0.496 e. The Hall–Kier alpha value is -1.81. The summed E-state index contributed by atoms with van der Waals surface area (Å²) in [4.78, 5) is 14.5. The smallest absolute Gasteiger partial charge is 0.210 e. The zero-order chi connectivity index (χ0) is 14.0. The van der Waals surface area contributed by atoms with Gasteiger partial charge < -0.3 is 9.47 Å². The molecule has 2 rings (SSSR count). The number of benzene rings is 1. The Balaban J connectivity index is 2.54. The molecule has 0 aliphatic rings. The quantitative estimate of drug-likeness (QED) is 0.800. The molecule has 2 aromatic rings. The van der Waals surface area contributed by atoms with Crippen molar-refractivity contribution in [1.82, 2.24) is 0 Å². The molecule has 0 fully saturated rings. The molecule has 0 unspecified atom stereocenters. The molecule has 0 saturated carbocycles. The molecule has 1 heterocycles. The monoisotopic (exact) mass is 276 g/mol. The lowest BCUT2D eigenvalue weighted by Gasteiger charge is -2.11. The van der Waals surface area contributed by atoms with E-state index in [0.717, 1.165) is 10.4 Å². The van der Waals surface area contributed by atoms with E-state index in [1.165, 1.54) is 11.3 Å². The molecule has 0 bridgehead atoms. The summed E-state index contributed by atoms with van der Waals surface area (Å²) >= 11 is 1.50. The average Bonchev–Trinajstić information content (AvgIpc) is 2.76. The number of hydrogen-bond donors (Lipinski definition) is 0. The number of thiophene rings is 1. The van der Waals surface area contributed by atoms with Gasteiger partial charge in [-0.05, 0) is 37.6 Å². The van der Waals surface area contributed by atoms with E-state index in [1.807, 2.05) is 19.9 Å². The zero-order valence-corrected chi connectivity index (χ0v) is 12.3. The molecule has 0 atom stereocenters. The fraction of sp³-hybridized carbons (Fsp3) is 0.267. The van der Waals surface area contributed by atoms with Gasteiger partial charge in [-0.15, -0.1) is 11.3 Å². The summed E-state index contributed by atoms with van der Waals surface area (Å²) in [5, 5.41) is 0. The molecule has 0 N–H and O–H groups in total. The second-order valence-electron chi connectivity index (χ2n) is 4.22. The van der Waals surface area contributed by atoms with Gasteiger partial charge in [-0.2, -0.15) is 0 Å². The number of ether oxygens (including phenoxy) is 2. The number of methoxy groups -OCH3 is 2. The Morgan fingerprint density at radius 2 is 1.68 bits per heavy atom. The maximum atomic E-state index is 12.6. The standard InChI is InChI=1S/C15H16O3S/c1-9-8-13(19-10(9)2)15(16)14-11(17-3)6-5-7-12(14)18-4/h5-8H,1-4H3. The SMILES string of the molecule is COc1cccc(OC)c1C(=O)c1cc(C)c(C)s1. The maximum absolute atomic E-state index is 12.6. The Bertz CT molecular complexity index is 572. The van der Waals surface area contributed by atoms with Crippen LogP contribution < -0.4 is 9.47 Å². The molecule has 0 amide bonds. The van der Waals surface area contributed by atoms with Crippen LogP contribution in [0.25, 0.3) is 0 Å². The lowest BCUT2D eigenvalue weighted by Crippen LogP contribution is -2.05. The van der Waals surface area contributed by atoms with Crippen LogP contribution in [-0.2, 0) is 0 Å². The fourth-order valence-electron chi connectivity index (χ4n) is 1.88. The summed E-state index contributed by atoms with van der Waals surface area (Å²) in [5.74, 6) is 1.01. The molecule has 3 nitrogen and oxygen atoms in total. The van der Waals surface area contributed by atoms with Crippen LogP contribution in [0.15, 0.2) is 24.3 Å². The van der Waals surface area contributed by atoms with Crippen molar-refractivity contribution in [1.29, 1.82) is 0 Å². The Morgan fingerprint density at radius 1 is 1.11 bits per heavy atom. The van der Waals surface area contributed by atoms with E-state index in [0.29, 0.717) is 21.9 Å². The minimum Gasteiger partial charge on any atom is -0.496 e. The van der Waals surface area contributed by atoms with Crippen molar-refractivity contribution >= 4 is 17.1 Å². The summed E-state index contributed by atoms with van der Waals surface area (Å²) in [7, 11) is 3.10. The predicted molar refractivity (Wildman–Crippen MR) is 76.8 cm³/mol. The van der Waals surface area contributed by atoms with Gasteiger partial charge in [0.15, 0.2) is 0 Å². The number of carbonyl (C=O) groups excluding carboxylic acids is 1. The molecule has 0 saturated heterocycles. The van der Waals surface area contributed by atoms with E-state index in [4.69, 9.17) is 9.47 Å². The second-order valence-corrected chi connectivity index (χ2v) is 5.47. The van der Waals surface area contributed by atoms with Crippen LogP contribution in [0.2, 0.25) is 0 Å².